The lowest BCUT2D eigenvalue weighted by Gasteiger charge is -1.94. The van der Waals surface area contributed by atoms with Crippen LogP contribution < -0.4 is 0 Å². The molecule has 0 atom stereocenters. The number of carboxylic acids is 1. The molecule has 0 spiro atoms. The summed E-state index contributed by atoms with van der Waals surface area (Å²) in [5.74, 6) is 1.50. The number of carbonyl (C=O) groups is 1. The number of rotatable bonds is 2. The molecule has 0 aliphatic carbocycles. The summed E-state index contributed by atoms with van der Waals surface area (Å²) in [4.78, 5) is 13.8. The van der Waals surface area contributed by atoms with Crippen LogP contribution in [0.2, 0.25) is 0 Å². The zero-order valence-corrected chi connectivity index (χ0v) is 7.95. The second-order valence-electron chi connectivity index (χ2n) is 3.21. The van der Waals surface area contributed by atoms with Gasteiger partial charge in [-0.3, -0.25) is 0 Å². The number of terminal acetylenes is 1. The second kappa shape index (κ2) is 3.50. The first kappa shape index (κ1) is 9.35. The first-order valence-electron chi connectivity index (χ1n) is 4.50. The lowest BCUT2D eigenvalue weighted by Crippen LogP contribution is -2.00. The molecule has 3 heteroatoms. The van der Waals surface area contributed by atoms with Gasteiger partial charge in [0.25, 0.3) is 0 Å². The molecule has 0 aliphatic rings. The van der Waals surface area contributed by atoms with Gasteiger partial charge in [-0.2, -0.15) is 0 Å². The Labute approximate surface area is 86.7 Å². The molecule has 0 aliphatic heterocycles. The van der Waals surface area contributed by atoms with Crippen molar-refractivity contribution in [1.82, 2.24) is 4.98 Å². The van der Waals surface area contributed by atoms with Crippen LogP contribution in [-0.4, -0.2) is 16.1 Å². The SMILES string of the molecule is C#CCc1c(C(=O)O)[nH]c2ccccc12. The van der Waals surface area contributed by atoms with Crippen molar-refractivity contribution < 1.29 is 9.90 Å². The van der Waals surface area contributed by atoms with E-state index in [4.69, 9.17) is 11.5 Å². The van der Waals surface area contributed by atoms with Gasteiger partial charge in [-0.15, -0.1) is 12.3 Å². The Morgan fingerprint density at radius 3 is 2.87 bits per heavy atom. The van der Waals surface area contributed by atoms with E-state index in [2.05, 4.69) is 10.9 Å². The van der Waals surface area contributed by atoms with Gasteiger partial charge in [0.2, 0.25) is 0 Å². The predicted molar refractivity (Wildman–Crippen MR) is 57.8 cm³/mol. The molecule has 0 saturated carbocycles. The van der Waals surface area contributed by atoms with Crippen LogP contribution in [0.4, 0.5) is 0 Å². The van der Waals surface area contributed by atoms with Gasteiger partial charge in [0.05, 0.1) is 0 Å². The van der Waals surface area contributed by atoms with E-state index in [1.807, 2.05) is 24.3 Å². The summed E-state index contributed by atoms with van der Waals surface area (Å²) >= 11 is 0. The number of hydrogen-bond donors (Lipinski definition) is 2. The van der Waals surface area contributed by atoms with E-state index in [9.17, 15) is 4.79 Å². The fourth-order valence-corrected chi connectivity index (χ4v) is 1.67. The van der Waals surface area contributed by atoms with Crippen molar-refractivity contribution in [2.24, 2.45) is 0 Å². The van der Waals surface area contributed by atoms with Gasteiger partial charge in [-0.1, -0.05) is 18.2 Å². The summed E-state index contributed by atoms with van der Waals surface area (Å²) in [6.07, 6.45) is 5.55. The van der Waals surface area contributed by atoms with Gasteiger partial charge in [0.1, 0.15) is 5.69 Å². The van der Waals surface area contributed by atoms with Crippen LogP contribution in [0.25, 0.3) is 10.9 Å². The van der Waals surface area contributed by atoms with Crippen LogP contribution in [0.1, 0.15) is 16.1 Å². The Morgan fingerprint density at radius 1 is 1.47 bits per heavy atom. The standard InChI is InChI=1S/C12H9NO2/c1-2-5-9-8-6-3-4-7-10(8)13-11(9)12(14)15/h1,3-4,6-7,13H,5H2,(H,14,15). The van der Waals surface area contributed by atoms with Gasteiger partial charge in [-0.05, 0) is 6.07 Å². The van der Waals surface area contributed by atoms with E-state index in [1.165, 1.54) is 0 Å². The summed E-state index contributed by atoms with van der Waals surface area (Å²) in [5.41, 5.74) is 1.68. The number of benzene rings is 1. The minimum atomic E-state index is -0.976. The van der Waals surface area contributed by atoms with Crippen LogP contribution in [0.15, 0.2) is 24.3 Å². The third-order valence-electron chi connectivity index (χ3n) is 2.31. The average molecular weight is 199 g/mol. The van der Waals surface area contributed by atoms with E-state index in [-0.39, 0.29) is 5.69 Å². The Bertz CT molecular complexity index is 560. The number of aromatic amines is 1. The number of para-hydroxylation sites is 1. The maximum absolute atomic E-state index is 11.0. The van der Waals surface area contributed by atoms with Crippen molar-refractivity contribution in [3.63, 3.8) is 0 Å². The summed E-state index contributed by atoms with van der Waals surface area (Å²) in [5, 5.41) is 9.88. The Balaban J connectivity index is 2.75. The van der Waals surface area contributed by atoms with Gasteiger partial charge >= 0.3 is 5.97 Å². The summed E-state index contributed by atoms with van der Waals surface area (Å²) in [7, 11) is 0. The number of nitrogens with one attached hydrogen (secondary N) is 1. The molecule has 1 aromatic carbocycles. The number of fused-ring (bicyclic) bond motifs is 1. The highest BCUT2D eigenvalue weighted by molar-refractivity contribution is 5.97. The van der Waals surface area contributed by atoms with Crippen molar-refractivity contribution in [3.05, 3.63) is 35.5 Å². The molecule has 2 rings (SSSR count). The third-order valence-corrected chi connectivity index (χ3v) is 2.31. The smallest absolute Gasteiger partial charge is 0.352 e. The molecule has 0 radical (unpaired) electrons. The topological polar surface area (TPSA) is 53.1 Å². The number of hydrogen-bond acceptors (Lipinski definition) is 1. The van der Waals surface area contributed by atoms with Gasteiger partial charge < -0.3 is 10.1 Å². The number of aromatic carboxylic acids is 1. The van der Waals surface area contributed by atoms with E-state index in [0.717, 1.165) is 10.9 Å². The number of aromatic nitrogens is 1. The predicted octanol–water partition coefficient (Wildman–Crippen LogP) is 2.04. The molecule has 2 aromatic rings. The Kier molecular flexibility index (Phi) is 2.18. The minimum absolute atomic E-state index is 0.189. The van der Waals surface area contributed by atoms with Gasteiger partial charge in [-0.25, -0.2) is 4.79 Å². The molecule has 15 heavy (non-hydrogen) atoms. The van der Waals surface area contributed by atoms with Gasteiger partial charge in [0, 0.05) is 22.9 Å². The fraction of sp³-hybridized carbons (Fsp3) is 0.0833. The first-order chi connectivity index (χ1) is 7.24. The highest BCUT2D eigenvalue weighted by Gasteiger charge is 2.15. The molecule has 0 saturated heterocycles. The lowest BCUT2D eigenvalue weighted by atomic mass is 10.1. The number of H-pyrrole nitrogens is 1. The molecule has 0 amide bonds. The highest BCUT2D eigenvalue weighted by atomic mass is 16.4. The van der Waals surface area contributed by atoms with Crippen LogP contribution in [0.3, 0.4) is 0 Å². The van der Waals surface area contributed by atoms with E-state index in [0.29, 0.717) is 12.0 Å². The summed E-state index contributed by atoms with van der Waals surface area (Å²) in [6, 6.07) is 7.42. The average Bonchev–Trinajstić information content (AvgIpc) is 2.58. The van der Waals surface area contributed by atoms with Crippen LogP contribution in [0.5, 0.6) is 0 Å². The zero-order valence-electron chi connectivity index (χ0n) is 7.95. The molecule has 2 N–H and O–H groups in total. The fourth-order valence-electron chi connectivity index (χ4n) is 1.67. The maximum atomic E-state index is 11.0. The van der Waals surface area contributed by atoms with Crippen molar-refractivity contribution >= 4 is 16.9 Å². The van der Waals surface area contributed by atoms with Crippen molar-refractivity contribution in [1.29, 1.82) is 0 Å². The lowest BCUT2D eigenvalue weighted by molar-refractivity contribution is 0.0690. The third kappa shape index (κ3) is 1.46. The first-order valence-corrected chi connectivity index (χ1v) is 4.50. The monoisotopic (exact) mass is 199 g/mol. The normalized spacial score (nSPS) is 10.1. The summed E-state index contributed by atoms with van der Waals surface area (Å²) in [6.45, 7) is 0. The molecule has 1 aromatic heterocycles. The van der Waals surface area contributed by atoms with Crippen molar-refractivity contribution in [3.8, 4) is 12.3 Å². The van der Waals surface area contributed by atoms with Crippen LogP contribution in [-0.2, 0) is 6.42 Å². The molecular formula is C12H9NO2. The molecule has 1 heterocycles. The molecule has 0 fully saturated rings. The Morgan fingerprint density at radius 2 is 2.20 bits per heavy atom. The van der Waals surface area contributed by atoms with Crippen LogP contribution >= 0.6 is 0 Å². The van der Waals surface area contributed by atoms with E-state index >= 15 is 0 Å². The maximum Gasteiger partial charge on any atom is 0.352 e. The minimum Gasteiger partial charge on any atom is -0.477 e. The Hall–Kier alpha value is -2.21. The van der Waals surface area contributed by atoms with E-state index < -0.39 is 5.97 Å². The quantitative estimate of drug-likeness (QED) is 0.727. The zero-order chi connectivity index (χ0) is 10.8. The second-order valence-corrected chi connectivity index (χ2v) is 3.21. The van der Waals surface area contributed by atoms with Gasteiger partial charge in [0.15, 0.2) is 0 Å². The molecule has 74 valence electrons. The number of carboxylic acid groups (broad SMARTS) is 1. The highest BCUT2D eigenvalue weighted by Crippen LogP contribution is 2.22. The largest absolute Gasteiger partial charge is 0.477 e. The summed E-state index contributed by atoms with van der Waals surface area (Å²) < 4.78 is 0. The molecule has 0 unspecified atom stereocenters. The van der Waals surface area contributed by atoms with Crippen molar-refractivity contribution in [2.75, 3.05) is 0 Å². The molecule has 0 bridgehead atoms. The van der Waals surface area contributed by atoms with E-state index in [1.54, 1.807) is 0 Å². The molecular weight excluding hydrogens is 190 g/mol. The van der Waals surface area contributed by atoms with Crippen LogP contribution in [0, 0.1) is 12.3 Å². The van der Waals surface area contributed by atoms with Crippen molar-refractivity contribution in [2.45, 2.75) is 6.42 Å². The molecule has 3 nitrogen and oxygen atoms in total.